The first-order chi connectivity index (χ1) is 8.65. The van der Waals surface area contributed by atoms with Crippen molar-refractivity contribution in [3.8, 4) is 0 Å². The van der Waals surface area contributed by atoms with Crippen molar-refractivity contribution in [3.63, 3.8) is 0 Å². The van der Waals surface area contributed by atoms with Gasteiger partial charge in [0.1, 0.15) is 5.82 Å². The summed E-state index contributed by atoms with van der Waals surface area (Å²) in [5, 5.41) is 2.74. The molecule has 0 aliphatic rings. The van der Waals surface area contributed by atoms with E-state index in [1.807, 2.05) is 0 Å². The van der Waals surface area contributed by atoms with Crippen LogP contribution in [0.2, 0.25) is 0 Å². The highest BCUT2D eigenvalue weighted by atomic mass is 19.1. The quantitative estimate of drug-likeness (QED) is 0.759. The van der Waals surface area contributed by atoms with E-state index >= 15 is 0 Å². The van der Waals surface area contributed by atoms with E-state index in [0.717, 1.165) is 19.4 Å². The first-order valence-electron chi connectivity index (χ1n) is 6.27. The van der Waals surface area contributed by atoms with Crippen molar-refractivity contribution >= 4 is 5.91 Å². The van der Waals surface area contributed by atoms with Crippen LogP contribution in [0.4, 0.5) is 4.39 Å². The lowest BCUT2D eigenvalue weighted by Gasteiger charge is -2.07. The minimum absolute atomic E-state index is 0.197. The van der Waals surface area contributed by atoms with Crippen LogP contribution in [0.15, 0.2) is 18.2 Å². The summed E-state index contributed by atoms with van der Waals surface area (Å²) in [7, 11) is 0. The van der Waals surface area contributed by atoms with Gasteiger partial charge in [0, 0.05) is 18.7 Å². The van der Waals surface area contributed by atoms with Crippen LogP contribution in [0.1, 0.15) is 35.7 Å². The smallest absolute Gasteiger partial charge is 0.251 e. The average Bonchev–Trinajstić information content (AvgIpc) is 2.36. The topological polar surface area (TPSA) is 38.3 Å². The number of aryl methyl sites for hydroxylation is 1. The third-order valence-corrected chi connectivity index (χ3v) is 2.59. The number of hydrogen-bond donors (Lipinski definition) is 1. The van der Waals surface area contributed by atoms with Crippen LogP contribution in [0, 0.1) is 12.7 Å². The first kappa shape index (κ1) is 14.6. The molecule has 1 rings (SSSR count). The predicted octanol–water partition coefficient (Wildman–Crippen LogP) is 2.68. The molecule has 0 heterocycles. The summed E-state index contributed by atoms with van der Waals surface area (Å²) in [4.78, 5) is 11.7. The lowest BCUT2D eigenvalue weighted by molar-refractivity contribution is 0.0912. The Hall–Kier alpha value is -1.42. The molecule has 1 aromatic carbocycles. The van der Waals surface area contributed by atoms with Crippen LogP contribution in [-0.2, 0) is 4.74 Å². The summed E-state index contributed by atoms with van der Waals surface area (Å²) in [6, 6.07) is 4.33. The molecular formula is C14H20FNO2. The number of carbonyl (C=O) groups is 1. The molecule has 100 valence electrons. The molecule has 0 radical (unpaired) electrons. The van der Waals surface area contributed by atoms with Gasteiger partial charge in [-0.15, -0.1) is 0 Å². The number of rotatable bonds is 7. The monoisotopic (exact) mass is 253 g/mol. The van der Waals surface area contributed by atoms with Gasteiger partial charge in [-0.2, -0.15) is 0 Å². The summed E-state index contributed by atoms with van der Waals surface area (Å²) in [6.07, 6.45) is 2.13. The third kappa shape index (κ3) is 4.84. The van der Waals surface area contributed by atoms with Gasteiger partial charge in [0.05, 0.1) is 6.61 Å². The number of unbranched alkanes of at least 4 members (excludes halogenated alkanes) is 1. The fraction of sp³-hybridized carbons (Fsp3) is 0.500. The van der Waals surface area contributed by atoms with Gasteiger partial charge in [-0.05, 0) is 37.1 Å². The van der Waals surface area contributed by atoms with Gasteiger partial charge >= 0.3 is 0 Å². The van der Waals surface area contributed by atoms with E-state index in [1.54, 1.807) is 13.0 Å². The molecule has 0 saturated heterocycles. The summed E-state index contributed by atoms with van der Waals surface area (Å²) >= 11 is 0. The Kier molecular flexibility index (Phi) is 6.36. The number of amides is 1. The van der Waals surface area contributed by atoms with Crippen LogP contribution in [-0.4, -0.2) is 25.7 Å². The van der Waals surface area contributed by atoms with Gasteiger partial charge in [0.2, 0.25) is 0 Å². The van der Waals surface area contributed by atoms with Crippen molar-refractivity contribution in [2.45, 2.75) is 26.7 Å². The number of hydrogen-bond acceptors (Lipinski definition) is 2. The Morgan fingerprint density at radius 1 is 1.39 bits per heavy atom. The molecule has 0 bridgehead atoms. The van der Waals surface area contributed by atoms with Crippen molar-refractivity contribution in [1.82, 2.24) is 5.32 Å². The second-order valence-corrected chi connectivity index (χ2v) is 4.19. The molecule has 4 heteroatoms. The van der Waals surface area contributed by atoms with Crippen molar-refractivity contribution in [1.29, 1.82) is 0 Å². The van der Waals surface area contributed by atoms with E-state index in [0.29, 0.717) is 24.3 Å². The number of carbonyl (C=O) groups excluding carboxylic acids is 1. The molecule has 0 atom stereocenters. The number of benzene rings is 1. The normalized spacial score (nSPS) is 10.4. The summed E-state index contributed by atoms with van der Waals surface area (Å²) in [5.74, 6) is -0.494. The summed E-state index contributed by atoms with van der Waals surface area (Å²) in [5.41, 5.74) is 0.948. The molecule has 0 unspecified atom stereocenters. The fourth-order valence-electron chi connectivity index (χ4n) is 1.47. The molecule has 18 heavy (non-hydrogen) atoms. The van der Waals surface area contributed by atoms with Crippen molar-refractivity contribution < 1.29 is 13.9 Å². The highest BCUT2D eigenvalue weighted by molar-refractivity contribution is 5.94. The van der Waals surface area contributed by atoms with Crippen LogP contribution in [0.3, 0.4) is 0 Å². The second-order valence-electron chi connectivity index (χ2n) is 4.19. The van der Waals surface area contributed by atoms with E-state index in [9.17, 15) is 9.18 Å². The van der Waals surface area contributed by atoms with E-state index in [-0.39, 0.29) is 11.7 Å². The molecule has 0 aliphatic carbocycles. The predicted molar refractivity (Wildman–Crippen MR) is 69.2 cm³/mol. The average molecular weight is 253 g/mol. The van der Waals surface area contributed by atoms with Crippen molar-refractivity contribution in [2.24, 2.45) is 0 Å². The number of ether oxygens (including phenoxy) is 1. The Morgan fingerprint density at radius 2 is 2.17 bits per heavy atom. The SMILES string of the molecule is CCCCOCCNC(=O)c1ccc(F)c(C)c1. The zero-order chi connectivity index (χ0) is 13.4. The molecule has 0 aliphatic heterocycles. The van der Waals surface area contributed by atoms with Gasteiger partial charge in [-0.1, -0.05) is 13.3 Å². The highest BCUT2D eigenvalue weighted by Gasteiger charge is 2.06. The van der Waals surface area contributed by atoms with Gasteiger partial charge in [-0.25, -0.2) is 4.39 Å². The zero-order valence-electron chi connectivity index (χ0n) is 11.0. The maximum absolute atomic E-state index is 13.0. The van der Waals surface area contributed by atoms with Crippen molar-refractivity contribution in [2.75, 3.05) is 19.8 Å². The molecule has 0 aromatic heterocycles. The van der Waals surface area contributed by atoms with Crippen molar-refractivity contribution in [3.05, 3.63) is 35.1 Å². The molecule has 0 spiro atoms. The standard InChI is InChI=1S/C14H20FNO2/c1-3-4-8-18-9-7-16-14(17)12-5-6-13(15)11(2)10-12/h5-6,10H,3-4,7-9H2,1-2H3,(H,16,17). The Balaban J connectivity index is 2.30. The summed E-state index contributed by atoms with van der Waals surface area (Å²) < 4.78 is 18.4. The molecule has 0 fully saturated rings. The molecule has 3 nitrogen and oxygen atoms in total. The first-order valence-corrected chi connectivity index (χ1v) is 6.27. The Labute approximate surface area is 107 Å². The maximum Gasteiger partial charge on any atom is 0.251 e. The van der Waals surface area contributed by atoms with Crippen LogP contribution in [0.5, 0.6) is 0 Å². The second kappa shape index (κ2) is 7.82. The van der Waals surface area contributed by atoms with E-state index < -0.39 is 0 Å². The molecule has 0 saturated carbocycles. The molecule has 1 amide bonds. The summed E-state index contributed by atoms with van der Waals surface area (Å²) in [6.45, 7) is 5.44. The van der Waals surface area contributed by atoms with Crippen LogP contribution in [0.25, 0.3) is 0 Å². The van der Waals surface area contributed by atoms with Crippen LogP contribution < -0.4 is 5.32 Å². The van der Waals surface area contributed by atoms with Gasteiger partial charge in [-0.3, -0.25) is 4.79 Å². The van der Waals surface area contributed by atoms with Gasteiger partial charge < -0.3 is 10.1 Å². The third-order valence-electron chi connectivity index (χ3n) is 2.59. The minimum Gasteiger partial charge on any atom is -0.380 e. The van der Waals surface area contributed by atoms with E-state index in [2.05, 4.69) is 12.2 Å². The molecular weight excluding hydrogens is 233 g/mol. The fourth-order valence-corrected chi connectivity index (χ4v) is 1.47. The highest BCUT2D eigenvalue weighted by Crippen LogP contribution is 2.08. The number of nitrogens with one attached hydrogen (secondary N) is 1. The zero-order valence-corrected chi connectivity index (χ0v) is 11.0. The van der Waals surface area contributed by atoms with E-state index in [1.165, 1.54) is 12.1 Å². The number of halogens is 1. The molecule has 1 N–H and O–H groups in total. The van der Waals surface area contributed by atoms with E-state index in [4.69, 9.17) is 4.74 Å². The Bertz CT molecular complexity index is 393. The lowest BCUT2D eigenvalue weighted by atomic mass is 10.1. The molecule has 1 aromatic rings. The van der Waals surface area contributed by atoms with Crippen LogP contribution >= 0.6 is 0 Å². The Morgan fingerprint density at radius 3 is 2.83 bits per heavy atom. The van der Waals surface area contributed by atoms with Gasteiger partial charge in [0.15, 0.2) is 0 Å². The maximum atomic E-state index is 13.0. The minimum atomic E-state index is -0.297. The lowest BCUT2D eigenvalue weighted by Crippen LogP contribution is -2.27. The van der Waals surface area contributed by atoms with Gasteiger partial charge in [0.25, 0.3) is 5.91 Å². The largest absolute Gasteiger partial charge is 0.380 e.